The van der Waals surface area contributed by atoms with E-state index in [9.17, 15) is 4.79 Å². The molecule has 32 heavy (non-hydrogen) atoms. The average Bonchev–Trinajstić information content (AvgIpc) is 2.75. The summed E-state index contributed by atoms with van der Waals surface area (Å²) in [4.78, 5) is 12.7. The second-order valence-electron chi connectivity index (χ2n) is 8.23. The quantitative estimate of drug-likeness (QED) is 0.587. The molecule has 1 aromatic heterocycles. The van der Waals surface area contributed by atoms with E-state index in [1.807, 2.05) is 18.2 Å². The molecule has 3 aromatic rings. The lowest BCUT2D eigenvalue weighted by Gasteiger charge is -2.25. The van der Waals surface area contributed by atoms with Gasteiger partial charge in [0, 0.05) is 18.4 Å². The number of fused-ring (bicyclic) bond motifs is 4. The summed E-state index contributed by atoms with van der Waals surface area (Å²) in [5, 5.41) is 5.19. The van der Waals surface area contributed by atoms with Gasteiger partial charge in [-0.25, -0.2) is 0 Å². The number of halogens is 1. The summed E-state index contributed by atoms with van der Waals surface area (Å²) in [7, 11) is 4.96. The Morgan fingerprint density at radius 1 is 1.00 bits per heavy atom. The first-order valence-electron chi connectivity index (χ1n) is 10.7. The van der Waals surface area contributed by atoms with E-state index < -0.39 is 0 Å². The number of carbonyl (C=O) groups excluding carboxylic acids is 1. The van der Waals surface area contributed by atoms with Crippen LogP contribution in [0.5, 0.6) is 17.2 Å². The molecule has 0 unspecified atom stereocenters. The molecule has 2 heterocycles. The average molecular weight is 455 g/mol. The number of methoxy groups -OCH3 is 3. The zero-order chi connectivity index (χ0) is 21.5. The molecule has 0 bridgehead atoms. The molecule has 1 saturated carbocycles. The minimum atomic E-state index is 0. The lowest BCUT2D eigenvalue weighted by molar-refractivity contribution is -0.686. The van der Waals surface area contributed by atoms with Crippen LogP contribution < -0.4 is 36.5 Å². The number of aryl methyl sites for hydroxylation is 2. The Labute approximate surface area is 193 Å². The molecule has 1 amide bonds. The van der Waals surface area contributed by atoms with Gasteiger partial charge in [-0.1, -0.05) is 12.5 Å². The maximum absolute atomic E-state index is 12.7. The molecular formula is C25H27ClN2O4. The Morgan fingerprint density at radius 2 is 1.72 bits per heavy atom. The van der Waals surface area contributed by atoms with Gasteiger partial charge in [0.15, 0.2) is 24.2 Å². The van der Waals surface area contributed by atoms with E-state index in [2.05, 4.69) is 28.2 Å². The van der Waals surface area contributed by atoms with Crippen molar-refractivity contribution in [3.05, 3.63) is 42.1 Å². The van der Waals surface area contributed by atoms with E-state index in [1.54, 1.807) is 21.3 Å². The highest BCUT2D eigenvalue weighted by Gasteiger charge is 2.29. The third kappa shape index (κ3) is 3.62. The number of carbonyl (C=O) groups is 1. The van der Waals surface area contributed by atoms with Crippen molar-refractivity contribution < 1.29 is 36.0 Å². The molecular weight excluding hydrogens is 428 g/mol. The maximum atomic E-state index is 12.7. The predicted molar refractivity (Wildman–Crippen MR) is 119 cm³/mol. The van der Waals surface area contributed by atoms with Gasteiger partial charge in [-0.15, -0.1) is 0 Å². The molecule has 0 atom stereocenters. The first kappa shape index (κ1) is 22.2. The number of ether oxygens (including phenoxy) is 3. The van der Waals surface area contributed by atoms with Gasteiger partial charge in [-0.05, 0) is 42.0 Å². The Bertz CT molecular complexity index is 1190. The fourth-order valence-electron chi connectivity index (χ4n) is 4.56. The third-order valence-corrected chi connectivity index (χ3v) is 6.58. The van der Waals surface area contributed by atoms with Crippen molar-refractivity contribution in [2.24, 2.45) is 5.92 Å². The normalized spacial score (nSPS) is 14.5. The zero-order valence-corrected chi connectivity index (χ0v) is 19.3. The smallest absolute Gasteiger partial charge is 0.227 e. The van der Waals surface area contributed by atoms with E-state index in [0.29, 0.717) is 5.75 Å². The second kappa shape index (κ2) is 8.87. The molecule has 1 aliphatic carbocycles. The van der Waals surface area contributed by atoms with Crippen LogP contribution in [0.1, 0.15) is 24.8 Å². The molecule has 0 saturated heterocycles. The SMILES string of the molecule is COc1cc2c(cc1OC)-c1cc3ccc(OC)c(NC(=O)C4CCC4)c3c[n+]1CC2.[Cl-]. The van der Waals surface area contributed by atoms with Gasteiger partial charge in [0.2, 0.25) is 11.6 Å². The lowest BCUT2D eigenvalue weighted by Crippen LogP contribution is -3.00. The fraction of sp³-hybridized carbons (Fsp3) is 0.360. The number of nitrogens with zero attached hydrogens (tertiary/aromatic N) is 1. The van der Waals surface area contributed by atoms with Gasteiger partial charge in [0.25, 0.3) is 0 Å². The van der Waals surface area contributed by atoms with Crippen molar-refractivity contribution in [2.75, 3.05) is 26.6 Å². The van der Waals surface area contributed by atoms with Crippen molar-refractivity contribution in [1.29, 1.82) is 0 Å². The Hall–Kier alpha value is -2.99. The Kier molecular flexibility index (Phi) is 6.15. The van der Waals surface area contributed by atoms with Crippen LogP contribution in [0.4, 0.5) is 5.69 Å². The van der Waals surface area contributed by atoms with Gasteiger partial charge in [0.05, 0.1) is 38.0 Å². The first-order chi connectivity index (χ1) is 15.1. The van der Waals surface area contributed by atoms with Gasteiger partial charge in [0.1, 0.15) is 5.75 Å². The molecule has 2 aliphatic rings. The van der Waals surface area contributed by atoms with Gasteiger partial charge in [-0.3, -0.25) is 4.79 Å². The number of rotatable bonds is 5. The zero-order valence-electron chi connectivity index (χ0n) is 18.5. The van der Waals surface area contributed by atoms with E-state index in [4.69, 9.17) is 14.2 Å². The van der Waals surface area contributed by atoms with Gasteiger partial charge >= 0.3 is 0 Å². The van der Waals surface area contributed by atoms with Crippen LogP contribution >= 0.6 is 0 Å². The van der Waals surface area contributed by atoms with Gasteiger partial charge in [-0.2, -0.15) is 4.57 Å². The summed E-state index contributed by atoms with van der Waals surface area (Å²) in [5.74, 6) is 2.35. The van der Waals surface area contributed by atoms with Crippen LogP contribution in [0, 0.1) is 5.92 Å². The Morgan fingerprint density at radius 3 is 2.38 bits per heavy atom. The van der Waals surface area contributed by atoms with E-state index in [0.717, 1.165) is 71.4 Å². The van der Waals surface area contributed by atoms with Crippen molar-refractivity contribution in [3.63, 3.8) is 0 Å². The summed E-state index contributed by atoms with van der Waals surface area (Å²) in [5.41, 5.74) is 4.26. The number of hydrogen-bond acceptors (Lipinski definition) is 4. The fourth-order valence-corrected chi connectivity index (χ4v) is 4.56. The van der Waals surface area contributed by atoms with Crippen LogP contribution in [-0.4, -0.2) is 27.2 Å². The molecule has 168 valence electrons. The monoisotopic (exact) mass is 454 g/mol. The number of nitrogens with one attached hydrogen (secondary N) is 1. The standard InChI is InChI=1S/C25H26N2O4.ClH/c1-29-21-8-7-16-11-20-18-13-23(31-3)22(30-2)12-17(18)9-10-27(20)14-19(16)24(21)26-25(28)15-5-4-6-15;/h7-8,11-15H,4-6,9-10H2,1-3H3;1H. The summed E-state index contributed by atoms with van der Waals surface area (Å²) >= 11 is 0. The van der Waals surface area contributed by atoms with Crippen LogP contribution in [0.25, 0.3) is 22.0 Å². The molecule has 7 heteroatoms. The van der Waals surface area contributed by atoms with E-state index in [-0.39, 0.29) is 24.2 Å². The highest BCUT2D eigenvalue weighted by Crippen LogP contribution is 2.40. The molecule has 2 aromatic carbocycles. The maximum Gasteiger partial charge on any atom is 0.227 e. The highest BCUT2D eigenvalue weighted by molar-refractivity contribution is 6.05. The van der Waals surface area contributed by atoms with E-state index >= 15 is 0 Å². The minimum absolute atomic E-state index is 0. The second-order valence-corrected chi connectivity index (χ2v) is 8.23. The number of pyridine rings is 1. The number of benzene rings is 2. The van der Waals surface area contributed by atoms with E-state index in [1.165, 1.54) is 5.56 Å². The summed E-state index contributed by atoms with van der Waals surface area (Å²) in [6.07, 6.45) is 6.08. The summed E-state index contributed by atoms with van der Waals surface area (Å²) in [6, 6.07) is 10.3. The highest BCUT2D eigenvalue weighted by atomic mass is 35.5. The number of aromatic nitrogens is 1. The van der Waals surface area contributed by atoms with Crippen LogP contribution in [-0.2, 0) is 17.8 Å². The first-order valence-corrected chi connectivity index (χ1v) is 10.7. The topological polar surface area (TPSA) is 60.7 Å². The lowest BCUT2D eigenvalue weighted by atomic mass is 9.84. The van der Waals surface area contributed by atoms with Gasteiger partial charge < -0.3 is 31.9 Å². The minimum Gasteiger partial charge on any atom is -1.00 e. The third-order valence-electron chi connectivity index (χ3n) is 6.58. The van der Waals surface area contributed by atoms with Crippen LogP contribution in [0.3, 0.4) is 0 Å². The predicted octanol–water partition coefficient (Wildman–Crippen LogP) is 1.12. The number of amides is 1. The molecule has 0 spiro atoms. The molecule has 1 fully saturated rings. The molecule has 0 radical (unpaired) electrons. The number of hydrogen-bond donors (Lipinski definition) is 1. The molecule has 1 N–H and O–H groups in total. The summed E-state index contributed by atoms with van der Waals surface area (Å²) < 4.78 is 18.9. The van der Waals surface area contributed by atoms with Crippen molar-refractivity contribution >= 4 is 22.4 Å². The molecule has 5 rings (SSSR count). The largest absolute Gasteiger partial charge is 1.00 e. The number of anilines is 1. The van der Waals surface area contributed by atoms with Crippen molar-refractivity contribution in [3.8, 4) is 28.5 Å². The van der Waals surface area contributed by atoms with Crippen molar-refractivity contribution in [1.82, 2.24) is 0 Å². The van der Waals surface area contributed by atoms with Crippen molar-refractivity contribution in [2.45, 2.75) is 32.2 Å². The van der Waals surface area contributed by atoms with Crippen LogP contribution in [0.15, 0.2) is 36.5 Å². The molecule has 1 aliphatic heterocycles. The Balaban J connectivity index is 0.00000245. The summed E-state index contributed by atoms with van der Waals surface area (Å²) in [6.45, 7) is 0.848. The van der Waals surface area contributed by atoms with Crippen LogP contribution in [0.2, 0.25) is 0 Å². The molecule has 6 nitrogen and oxygen atoms in total.